The standard InChI is InChI=1S/C18H15N7O/c1-26-15-4-2-3-14(9-15)25-18-16(11-20-12-21-18)17(24-25)23-22-10-13-5-7-19-8-6-13/h2-12H,1H3,(H,23,24)/b22-10+. The smallest absolute Gasteiger partial charge is 0.179 e. The number of aromatic nitrogens is 5. The lowest BCUT2D eigenvalue weighted by molar-refractivity contribution is 0.414. The molecule has 0 aliphatic carbocycles. The summed E-state index contributed by atoms with van der Waals surface area (Å²) in [5.41, 5.74) is 5.40. The highest BCUT2D eigenvalue weighted by Crippen LogP contribution is 2.25. The van der Waals surface area contributed by atoms with Crippen LogP contribution < -0.4 is 10.2 Å². The number of hydrogen-bond donors (Lipinski definition) is 1. The second kappa shape index (κ2) is 6.98. The number of rotatable bonds is 5. The van der Waals surface area contributed by atoms with Crippen molar-refractivity contribution in [1.82, 2.24) is 24.7 Å². The molecule has 1 N–H and O–H groups in total. The van der Waals surface area contributed by atoms with E-state index in [-0.39, 0.29) is 0 Å². The summed E-state index contributed by atoms with van der Waals surface area (Å²) in [6.07, 6.45) is 8.31. The molecule has 1 aromatic carbocycles. The molecule has 0 fully saturated rings. The van der Waals surface area contributed by atoms with Gasteiger partial charge in [0.25, 0.3) is 0 Å². The number of methoxy groups -OCH3 is 1. The van der Waals surface area contributed by atoms with Gasteiger partial charge in [0, 0.05) is 24.7 Å². The third kappa shape index (κ3) is 3.07. The quantitative estimate of drug-likeness (QED) is 0.442. The summed E-state index contributed by atoms with van der Waals surface area (Å²) in [5, 5.41) is 9.60. The van der Waals surface area contributed by atoms with Gasteiger partial charge in [0.15, 0.2) is 11.5 Å². The molecule has 0 aliphatic heterocycles. The van der Waals surface area contributed by atoms with E-state index in [1.54, 1.807) is 36.6 Å². The first-order chi connectivity index (χ1) is 12.8. The lowest BCUT2D eigenvalue weighted by Gasteiger charge is -2.04. The number of nitrogens with one attached hydrogen (secondary N) is 1. The van der Waals surface area contributed by atoms with Gasteiger partial charge in [-0.1, -0.05) is 6.07 Å². The topological polar surface area (TPSA) is 90.1 Å². The number of nitrogens with zero attached hydrogens (tertiary/aromatic N) is 6. The molecule has 0 saturated heterocycles. The summed E-state index contributed by atoms with van der Waals surface area (Å²) < 4.78 is 7.02. The van der Waals surface area contributed by atoms with Crippen molar-refractivity contribution in [2.45, 2.75) is 0 Å². The van der Waals surface area contributed by atoms with Crippen molar-refractivity contribution in [2.24, 2.45) is 5.10 Å². The maximum absolute atomic E-state index is 5.29. The second-order valence-corrected chi connectivity index (χ2v) is 5.37. The van der Waals surface area contributed by atoms with E-state index >= 15 is 0 Å². The Bertz CT molecular complexity index is 1060. The van der Waals surface area contributed by atoms with Gasteiger partial charge in [-0.2, -0.15) is 5.10 Å². The molecule has 0 aliphatic rings. The molecule has 0 saturated carbocycles. The maximum Gasteiger partial charge on any atom is 0.179 e. The predicted molar refractivity (Wildman–Crippen MR) is 98.7 cm³/mol. The SMILES string of the molecule is COc1cccc(-n2nc(N/N=C/c3ccncc3)c3cncnc32)c1. The van der Waals surface area contributed by atoms with Crippen LogP contribution >= 0.6 is 0 Å². The van der Waals surface area contributed by atoms with Crippen LogP contribution in [0, 0.1) is 0 Å². The highest BCUT2D eigenvalue weighted by atomic mass is 16.5. The molecular formula is C18H15N7O. The minimum absolute atomic E-state index is 0.564. The second-order valence-electron chi connectivity index (χ2n) is 5.37. The number of benzene rings is 1. The van der Waals surface area contributed by atoms with Gasteiger partial charge in [-0.05, 0) is 29.8 Å². The average Bonchev–Trinajstić information content (AvgIpc) is 3.08. The summed E-state index contributed by atoms with van der Waals surface area (Å²) in [7, 11) is 1.63. The van der Waals surface area contributed by atoms with E-state index in [0.29, 0.717) is 11.5 Å². The van der Waals surface area contributed by atoms with E-state index in [0.717, 1.165) is 22.4 Å². The van der Waals surface area contributed by atoms with E-state index in [4.69, 9.17) is 4.74 Å². The molecule has 8 nitrogen and oxygen atoms in total. The van der Waals surface area contributed by atoms with Gasteiger partial charge >= 0.3 is 0 Å². The highest BCUT2D eigenvalue weighted by molar-refractivity contribution is 5.88. The minimum Gasteiger partial charge on any atom is -0.497 e. The van der Waals surface area contributed by atoms with Gasteiger partial charge < -0.3 is 4.74 Å². The Balaban J connectivity index is 1.71. The van der Waals surface area contributed by atoms with Crippen LogP contribution in [0.3, 0.4) is 0 Å². The minimum atomic E-state index is 0.564. The summed E-state index contributed by atoms with van der Waals surface area (Å²) >= 11 is 0. The van der Waals surface area contributed by atoms with Gasteiger partial charge in [-0.3, -0.25) is 10.4 Å². The Kier molecular flexibility index (Phi) is 4.21. The van der Waals surface area contributed by atoms with E-state index in [2.05, 4.69) is 30.6 Å². The molecule has 0 atom stereocenters. The molecule has 0 radical (unpaired) electrons. The van der Waals surface area contributed by atoms with Crippen molar-refractivity contribution in [3.8, 4) is 11.4 Å². The summed E-state index contributed by atoms with van der Waals surface area (Å²) in [4.78, 5) is 12.4. The number of anilines is 1. The van der Waals surface area contributed by atoms with Crippen molar-refractivity contribution < 1.29 is 4.74 Å². The Morgan fingerprint density at radius 3 is 2.88 bits per heavy atom. The van der Waals surface area contributed by atoms with Gasteiger partial charge in [0.2, 0.25) is 0 Å². The lowest BCUT2D eigenvalue weighted by atomic mass is 10.3. The van der Waals surface area contributed by atoms with Crippen LogP contribution in [0.5, 0.6) is 5.75 Å². The molecule has 0 bridgehead atoms. The maximum atomic E-state index is 5.29. The van der Waals surface area contributed by atoms with Crippen molar-refractivity contribution in [1.29, 1.82) is 0 Å². The monoisotopic (exact) mass is 345 g/mol. The highest BCUT2D eigenvalue weighted by Gasteiger charge is 2.13. The Labute approximate surface area is 149 Å². The fraction of sp³-hybridized carbons (Fsp3) is 0.0556. The third-order valence-corrected chi connectivity index (χ3v) is 3.74. The zero-order valence-electron chi connectivity index (χ0n) is 13.9. The molecule has 4 aromatic rings. The largest absolute Gasteiger partial charge is 0.497 e. The van der Waals surface area contributed by atoms with Crippen LogP contribution in [0.25, 0.3) is 16.7 Å². The molecule has 3 heterocycles. The number of hydrazone groups is 1. The van der Waals surface area contributed by atoms with E-state index in [9.17, 15) is 0 Å². The molecule has 0 spiro atoms. The van der Waals surface area contributed by atoms with Crippen LogP contribution in [0.1, 0.15) is 5.56 Å². The molecule has 0 amide bonds. The van der Waals surface area contributed by atoms with Gasteiger partial charge in [-0.15, -0.1) is 5.10 Å². The number of fused-ring (bicyclic) bond motifs is 1. The molecule has 0 unspecified atom stereocenters. The Morgan fingerprint density at radius 1 is 1.15 bits per heavy atom. The van der Waals surface area contributed by atoms with Gasteiger partial charge in [0.1, 0.15) is 12.1 Å². The summed E-state index contributed by atoms with van der Waals surface area (Å²) in [5.74, 6) is 1.30. The van der Waals surface area contributed by atoms with Crippen molar-refractivity contribution in [3.05, 3.63) is 66.9 Å². The number of pyridine rings is 1. The van der Waals surface area contributed by atoms with Crippen LogP contribution in [0.15, 0.2) is 66.4 Å². The number of ether oxygens (including phenoxy) is 1. The van der Waals surface area contributed by atoms with E-state index < -0.39 is 0 Å². The number of hydrogen-bond acceptors (Lipinski definition) is 7. The van der Waals surface area contributed by atoms with Crippen LogP contribution in [0.2, 0.25) is 0 Å². The van der Waals surface area contributed by atoms with Gasteiger partial charge in [0.05, 0.1) is 24.4 Å². The van der Waals surface area contributed by atoms with Crippen LogP contribution in [-0.4, -0.2) is 38.1 Å². The first-order valence-electron chi connectivity index (χ1n) is 7.87. The van der Waals surface area contributed by atoms with Crippen molar-refractivity contribution in [2.75, 3.05) is 12.5 Å². The molecular weight excluding hydrogens is 330 g/mol. The summed E-state index contributed by atoms with van der Waals surface area (Å²) in [6, 6.07) is 11.3. The fourth-order valence-electron chi connectivity index (χ4n) is 2.48. The molecule has 128 valence electrons. The first-order valence-corrected chi connectivity index (χ1v) is 7.87. The Morgan fingerprint density at radius 2 is 2.04 bits per heavy atom. The third-order valence-electron chi connectivity index (χ3n) is 3.74. The van der Waals surface area contributed by atoms with E-state index in [1.165, 1.54) is 6.33 Å². The van der Waals surface area contributed by atoms with Crippen molar-refractivity contribution in [3.63, 3.8) is 0 Å². The molecule has 8 heteroatoms. The molecule has 4 rings (SSSR count). The normalized spacial score (nSPS) is 11.1. The van der Waals surface area contributed by atoms with Crippen LogP contribution in [0.4, 0.5) is 5.82 Å². The average molecular weight is 345 g/mol. The Hall–Kier alpha value is -3.81. The first kappa shape index (κ1) is 15.7. The summed E-state index contributed by atoms with van der Waals surface area (Å²) in [6.45, 7) is 0. The van der Waals surface area contributed by atoms with Crippen molar-refractivity contribution >= 4 is 23.1 Å². The zero-order valence-corrected chi connectivity index (χ0v) is 13.9. The lowest BCUT2D eigenvalue weighted by Crippen LogP contribution is -1.99. The zero-order chi connectivity index (χ0) is 17.8. The van der Waals surface area contributed by atoms with E-state index in [1.807, 2.05) is 36.4 Å². The molecule has 26 heavy (non-hydrogen) atoms. The predicted octanol–water partition coefficient (Wildman–Crippen LogP) is 2.67. The van der Waals surface area contributed by atoms with Crippen LogP contribution in [-0.2, 0) is 0 Å². The van der Waals surface area contributed by atoms with Gasteiger partial charge in [-0.25, -0.2) is 14.6 Å². The fourth-order valence-corrected chi connectivity index (χ4v) is 2.48. The molecule has 3 aromatic heterocycles.